The Morgan fingerprint density at radius 1 is 1.26 bits per heavy atom. The van der Waals surface area contributed by atoms with E-state index in [0.717, 1.165) is 33.2 Å². The van der Waals surface area contributed by atoms with Crippen LogP contribution in [0.1, 0.15) is 23.7 Å². The van der Waals surface area contributed by atoms with Gasteiger partial charge < -0.3 is 0 Å². The number of allylic oxidation sites excluding steroid dienone is 1. The molecule has 0 atom stereocenters. The maximum absolute atomic E-state index is 4.58. The summed E-state index contributed by atoms with van der Waals surface area (Å²) >= 11 is 1.69. The minimum atomic E-state index is 0.839. The standard InChI is InChI=1S/C18H18N4S/c1-4-8-19-11-15-9-16(23-12-15)18-13(2)10-20-22(18)17-7-5-6-14(3)21-17/h4-12H,1-3H3/b8-4-,19-11?. The van der Waals surface area contributed by atoms with E-state index in [2.05, 4.69) is 33.4 Å². The highest BCUT2D eigenvalue weighted by atomic mass is 32.1. The molecule has 0 saturated carbocycles. The Bertz CT molecular complexity index is 871. The highest BCUT2D eigenvalue weighted by molar-refractivity contribution is 7.13. The summed E-state index contributed by atoms with van der Waals surface area (Å²) < 4.78 is 1.90. The molecule has 0 amide bonds. The molecule has 0 aromatic carbocycles. The van der Waals surface area contributed by atoms with Gasteiger partial charge >= 0.3 is 0 Å². The molecule has 3 aromatic heterocycles. The number of rotatable bonds is 4. The van der Waals surface area contributed by atoms with Crippen LogP contribution in [0, 0.1) is 13.8 Å². The summed E-state index contributed by atoms with van der Waals surface area (Å²) in [6.07, 6.45) is 7.43. The first-order valence-electron chi connectivity index (χ1n) is 7.41. The summed E-state index contributed by atoms with van der Waals surface area (Å²) in [5.74, 6) is 0.839. The molecule has 0 aliphatic rings. The van der Waals surface area contributed by atoms with Crippen LogP contribution in [0.15, 0.2) is 53.1 Å². The van der Waals surface area contributed by atoms with Crippen molar-refractivity contribution < 1.29 is 0 Å². The van der Waals surface area contributed by atoms with Crippen molar-refractivity contribution in [2.24, 2.45) is 4.99 Å². The monoisotopic (exact) mass is 322 g/mol. The lowest BCUT2D eigenvalue weighted by Crippen LogP contribution is -2.02. The van der Waals surface area contributed by atoms with Gasteiger partial charge in [0.25, 0.3) is 0 Å². The van der Waals surface area contributed by atoms with Crippen LogP contribution in [-0.4, -0.2) is 21.0 Å². The van der Waals surface area contributed by atoms with Crippen LogP contribution in [0.2, 0.25) is 0 Å². The van der Waals surface area contributed by atoms with Crippen LogP contribution in [0.25, 0.3) is 16.4 Å². The third-order valence-corrected chi connectivity index (χ3v) is 4.31. The Morgan fingerprint density at radius 2 is 2.13 bits per heavy atom. The number of pyridine rings is 1. The molecular weight excluding hydrogens is 304 g/mol. The van der Waals surface area contributed by atoms with Gasteiger partial charge in [0, 0.05) is 29.1 Å². The van der Waals surface area contributed by atoms with Crippen LogP contribution in [0.3, 0.4) is 0 Å². The quantitative estimate of drug-likeness (QED) is 0.661. The Kier molecular flexibility index (Phi) is 4.48. The van der Waals surface area contributed by atoms with E-state index in [-0.39, 0.29) is 0 Å². The molecule has 0 N–H and O–H groups in total. The van der Waals surface area contributed by atoms with Crippen molar-refractivity contribution in [2.45, 2.75) is 20.8 Å². The van der Waals surface area contributed by atoms with Crippen LogP contribution in [0.5, 0.6) is 0 Å². The van der Waals surface area contributed by atoms with E-state index in [0.29, 0.717) is 0 Å². The number of thiophene rings is 1. The number of nitrogens with zero attached hydrogens (tertiary/aromatic N) is 4. The maximum atomic E-state index is 4.58. The molecule has 0 spiro atoms. The summed E-state index contributed by atoms with van der Waals surface area (Å²) in [6.45, 7) is 6.01. The fourth-order valence-corrected chi connectivity index (χ4v) is 3.26. The van der Waals surface area contributed by atoms with E-state index in [1.807, 2.05) is 55.2 Å². The molecule has 0 aliphatic heterocycles. The Labute approximate surface area is 139 Å². The topological polar surface area (TPSA) is 43.1 Å². The van der Waals surface area contributed by atoms with Gasteiger partial charge in [0.05, 0.1) is 16.8 Å². The van der Waals surface area contributed by atoms with Crippen LogP contribution in [-0.2, 0) is 0 Å². The molecule has 0 saturated heterocycles. The first-order valence-corrected chi connectivity index (χ1v) is 8.29. The summed E-state index contributed by atoms with van der Waals surface area (Å²) in [6, 6.07) is 8.10. The molecule has 3 aromatic rings. The van der Waals surface area contributed by atoms with Crippen molar-refractivity contribution in [2.75, 3.05) is 0 Å². The van der Waals surface area contributed by atoms with Gasteiger partial charge in [-0.05, 0) is 44.5 Å². The average Bonchev–Trinajstić information content (AvgIpc) is 3.14. The van der Waals surface area contributed by atoms with Gasteiger partial charge in [-0.2, -0.15) is 5.10 Å². The summed E-state index contributed by atoms with van der Waals surface area (Å²) in [5.41, 5.74) is 4.28. The lowest BCUT2D eigenvalue weighted by molar-refractivity contribution is 0.849. The van der Waals surface area contributed by atoms with Crippen molar-refractivity contribution in [3.05, 3.63) is 64.9 Å². The zero-order valence-electron chi connectivity index (χ0n) is 13.4. The lowest BCUT2D eigenvalue weighted by atomic mass is 10.2. The number of hydrogen-bond donors (Lipinski definition) is 0. The first-order chi connectivity index (χ1) is 11.2. The first kappa shape index (κ1) is 15.4. The molecule has 0 aliphatic carbocycles. The third-order valence-electron chi connectivity index (χ3n) is 3.35. The van der Waals surface area contributed by atoms with Crippen molar-refractivity contribution in [3.63, 3.8) is 0 Å². The highest BCUT2D eigenvalue weighted by Crippen LogP contribution is 2.30. The largest absolute Gasteiger partial charge is 0.264 e. The van der Waals surface area contributed by atoms with Crippen molar-refractivity contribution >= 4 is 17.6 Å². The number of aromatic nitrogens is 3. The SMILES string of the molecule is C/C=C\N=Cc1csc(-c2c(C)cnn2-c2cccc(C)n2)c1. The van der Waals surface area contributed by atoms with Crippen LogP contribution < -0.4 is 0 Å². The molecule has 3 heterocycles. The second-order valence-corrected chi connectivity index (χ2v) is 6.14. The van der Waals surface area contributed by atoms with Gasteiger partial charge in [-0.1, -0.05) is 12.1 Å². The number of hydrogen-bond acceptors (Lipinski definition) is 4. The van der Waals surface area contributed by atoms with Gasteiger partial charge in [0.15, 0.2) is 5.82 Å². The van der Waals surface area contributed by atoms with E-state index >= 15 is 0 Å². The fourth-order valence-electron chi connectivity index (χ4n) is 2.31. The van der Waals surface area contributed by atoms with Gasteiger partial charge in [-0.25, -0.2) is 9.67 Å². The average molecular weight is 322 g/mol. The fraction of sp³-hybridized carbons (Fsp3) is 0.167. The normalized spacial score (nSPS) is 11.8. The van der Waals surface area contributed by atoms with Gasteiger partial charge in [0.1, 0.15) is 0 Å². The van der Waals surface area contributed by atoms with E-state index < -0.39 is 0 Å². The molecule has 0 bridgehead atoms. The summed E-state index contributed by atoms with van der Waals surface area (Å²) in [4.78, 5) is 9.97. The van der Waals surface area contributed by atoms with Crippen LogP contribution >= 0.6 is 11.3 Å². The molecule has 4 nitrogen and oxygen atoms in total. The molecule has 0 unspecified atom stereocenters. The van der Waals surface area contributed by atoms with E-state index in [4.69, 9.17) is 0 Å². The predicted molar refractivity (Wildman–Crippen MR) is 96.6 cm³/mol. The molecule has 3 rings (SSSR count). The van der Waals surface area contributed by atoms with Crippen molar-refractivity contribution in [3.8, 4) is 16.4 Å². The molecule has 0 fully saturated rings. The molecular formula is C18H18N4S. The van der Waals surface area contributed by atoms with Gasteiger partial charge in [-0.15, -0.1) is 11.3 Å². The zero-order chi connectivity index (χ0) is 16.2. The van der Waals surface area contributed by atoms with Crippen LogP contribution in [0.4, 0.5) is 0 Å². The molecule has 5 heteroatoms. The third kappa shape index (κ3) is 3.29. The van der Waals surface area contributed by atoms with Gasteiger partial charge in [0.2, 0.25) is 0 Å². The Morgan fingerprint density at radius 3 is 2.91 bits per heavy atom. The Balaban J connectivity index is 2.02. The summed E-state index contributed by atoms with van der Waals surface area (Å²) in [5, 5.41) is 6.60. The predicted octanol–water partition coefficient (Wildman–Crippen LogP) is 4.57. The molecule has 116 valence electrons. The highest BCUT2D eigenvalue weighted by Gasteiger charge is 2.14. The van der Waals surface area contributed by atoms with E-state index in [1.54, 1.807) is 17.5 Å². The van der Waals surface area contributed by atoms with Crippen molar-refractivity contribution in [1.82, 2.24) is 14.8 Å². The summed E-state index contributed by atoms with van der Waals surface area (Å²) in [7, 11) is 0. The number of aryl methyl sites for hydroxylation is 2. The van der Waals surface area contributed by atoms with E-state index in [9.17, 15) is 0 Å². The van der Waals surface area contributed by atoms with E-state index in [1.165, 1.54) is 0 Å². The Hall–Kier alpha value is -2.53. The number of aliphatic imine (C=N–C) groups is 1. The second kappa shape index (κ2) is 6.71. The maximum Gasteiger partial charge on any atom is 0.154 e. The second-order valence-electron chi connectivity index (χ2n) is 5.23. The van der Waals surface area contributed by atoms with Gasteiger partial charge in [-0.3, -0.25) is 4.99 Å². The smallest absolute Gasteiger partial charge is 0.154 e. The minimum Gasteiger partial charge on any atom is -0.264 e. The zero-order valence-corrected chi connectivity index (χ0v) is 14.2. The molecule has 23 heavy (non-hydrogen) atoms. The molecule has 0 radical (unpaired) electrons. The minimum absolute atomic E-state index is 0.839. The van der Waals surface area contributed by atoms with Crippen molar-refractivity contribution in [1.29, 1.82) is 0 Å². The lowest BCUT2D eigenvalue weighted by Gasteiger charge is -2.06.